The molecule has 140 valence electrons. The van der Waals surface area contributed by atoms with E-state index < -0.39 is 0 Å². The lowest BCUT2D eigenvalue weighted by Crippen LogP contribution is -2.20. The number of hydrogen-bond donors (Lipinski definition) is 1. The van der Waals surface area contributed by atoms with Gasteiger partial charge in [0.1, 0.15) is 10.8 Å². The van der Waals surface area contributed by atoms with Gasteiger partial charge in [0.05, 0.1) is 14.2 Å². The van der Waals surface area contributed by atoms with E-state index in [0.717, 1.165) is 11.1 Å². The van der Waals surface area contributed by atoms with E-state index in [9.17, 15) is 4.79 Å². The lowest BCUT2D eigenvalue weighted by atomic mass is 10.2. The van der Waals surface area contributed by atoms with Crippen LogP contribution in [-0.4, -0.2) is 36.9 Å². The first-order valence-electron chi connectivity index (χ1n) is 8.14. The SMILES string of the molecule is COc1ccc(-c2nnc(NC(=O)COc3ccc(C)cc3)s2)cc1OC. The van der Waals surface area contributed by atoms with Gasteiger partial charge in [0, 0.05) is 5.56 Å². The van der Waals surface area contributed by atoms with E-state index in [1.165, 1.54) is 11.3 Å². The van der Waals surface area contributed by atoms with Crippen LogP contribution in [0.1, 0.15) is 5.56 Å². The van der Waals surface area contributed by atoms with E-state index in [1.807, 2.05) is 43.3 Å². The van der Waals surface area contributed by atoms with Gasteiger partial charge in [0.2, 0.25) is 5.13 Å². The zero-order chi connectivity index (χ0) is 19.2. The highest BCUT2D eigenvalue weighted by Gasteiger charge is 2.12. The van der Waals surface area contributed by atoms with Crippen LogP contribution in [0.5, 0.6) is 17.2 Å². The smallest absolute Gasteiger partial charge is 0.264 e. The van der Waals surface area contributed by atoms with Crippen molar-refractivity contribution in [2.45, 2.75) is 6.92 Å². The van der Waals surface area contributed by atoms with Crippen LogP contribution in [0.3, 0.4) is 0 Å². The molecular formula is C19H19N3O4S. The topological polar surface area (TPSA) is 82.6 Å². The molecule has 0 aliphatic carbocycles. The van der Waals surface area contributed by atoms with E-state index in [-0.39, 0.29) is 12.5 Å². The van der Waals surface area contributed by atoms with Crippen molar-refractivity contribution < 1.29 is 19.0 Å². The Hall–Kier alpha value is -3.13. The van der Waals surface area contributed by atoms with Gasteiger partial charge in [-0.3, -0.25) is 10.1 Å². The van der Waals surface area contributed by atoms with Crippen molar-refractivity contribution in [1.82, 2.24) is 10.2 Å². The summed E-state index contributed by atoms with van der Waals surface area (Å²) in [5.41, 5.74) is 1.95. The Morgan fingerprint density at radius 3 is 2.48 bits per heavy atom. The summed E-state index contributed by atoms with van der Waals surface area (Å²) >= 11 is 1.26. The van der Waals surface area contributed by atoms with E-state index >= 15 is 0 Å². The van der Waals surface area contributed by atoms with Crippen LogP contribution in [0.25, 0.3) is 10.6 Å². The summed E-state index contributed by atoms with van der Waals surface area (Å²) in [4.78, 5) is 12.0. The fraction of sp³-hybridized carbons (Fsp3) is 0.211. The number of ether oxygens (including phenoxy) is 3. The molecule has 0 unspecified atom stereocenters. The van der Waals surface area contributed by atoms with Gasteiger partial charge < -0.3 is 14.2 Å². The molecule has 1 aromatic heterocycles. The van der Waals surface area contributed by atoms with Crippen LogP contribution in [0.2, 0.25) is 0 Å². The lowest BCUT2D eigenvalue weighted by Gasteiger charge is -2.07. The maximum absolute atomic E-state index is 12.0. The molecule has 3 rings (SSSR count). The summed E-state index contributed by atoms with van der Waals surface area (Å²) in [7, 11) is 3.15. The molecule has 0 spiro atoms. The predicted octanol–water partition coefficient (Wildman–Crippen LogP) is 3.55. The molecule has 1 N–H and O–H groups in total. The van der Waals surface area contributed by atoms with E-state index in [0.29, 0.717) is 27.4 Å². The predicted molar refractivity (Wildman–Crippen MR) is 104 cm³/mol. The van der Waals surface area contributed by atoms with E-state index in [1.54, 1.807) is 20.3 Å². The number of aromatic nitrogens is 2. The molecule has 2 aromatic carbocycles. The molecule has 0 saturated carbocycles. The molecule has 0 atom stereocenters. The van der Waals surface area contributed by atoms with Gasteiger partial charge in [0.25, 0.3) is 5.91 Å². The summed E-state index contributed by atoms with van der Waals surface area (Å²) in [5, 5.41) is 11.9. The fourth-order valence-electron chi connectivity index (χ4n) is 2.30. The molecule has 0 aliphatic rings. The Labute approximate surface area is 160 Å². The largest absolute Gasteiger partial charge is 0.493 e. The van der Waals surface area contributed by atoms with Crippen molar-refractivity contribution in [2.75, 3.05) is 26.1 Å². The van der Waals surface area contributed by atoms with Gasteiger partial charge in [-0.25, -0.2) is 0 Å². The second-order valence-corrected chi connectivity index (χ2v) is 6.61. The maximum atomic E-state index is 12.0. The van der Waals surface area contributed by atoms with Crippen LogP contribution in [0, 0.1) is 6.92 Å². The number of benzene rings is 2. The second-order valence-electron chi connectivity index (χ2n) is 5.63. The number of nitrogens with zero attached hydrogens (tertiary/aromatic N) is 2. The van der Waals surface area contributed by atoms with E-state index in [4.69, 9.17) is 14.2 Å². The molecule has 0 bridgehead atoms. The van der Waals surface area contributed by atoms with Crippen LogP contribution in [0.15, 0.2) is 42.5 Å². The Bertz CT molecular complexity index is 925. The molecule has 0 fully saturated rings. The summed E-state index contributed by atoms with van der Waals surface area (Å²) in [6, 6.07) is 13.0. The summed E-state index contributed by atoms with van der Waals surface area (Å²) in [5.74, 6) is 1.57. The highest BCUT2D eigenvalue weighted by atomic mass is 32.1. The van der Waals surface area contributed by atoms with Gasteiger partial charge in [-0.05, 0) is 37.3 Å². The second kappa shape index (κ2) is 8.50. The Morgan fingerprint density at radius 1 is 1.04 bits per heavy atom. The highest BCUT2D eigenvalue weighted by molar-refractivity contribution is 7.18. The lowest BCUT2D eigenvalue weighted by molar-refractivity contribution is -0.118. The maximum Gasteiger partial charge on any atom is 0.264 e. The number of carbonyl (C=O) groups excluding carboxylic acids is 1. The molecule has 7 nitrogen and oxygen atoms in total. The first-order valence-corrected chi connectivity index (χ1v) is 8.96. The number of carbonyl (C=O) groups is 1. The molecule has 3 aromatic rings. The molecule has 0 saturated heterocycles. The van der Waals surface area contributed by atoms with Crippen molar-refractivity contribution in [1.29, 1.82) is 0 Å². The third-order valence-corrected chi connectivity index (χ3v) is 4.58. The van der Waals surface area contributed by atoms with Crippen molar-refractivity contribution in [3.05, 3.63) is 48.0 Å². The van der Waals surface area contributed by atoms with Crippen LogP contribution >= 0.6 is 11.3 Å². The summed E-state index contributed by atoms with van der Waals surface area (Å²) in [6.45, 7) is 1.89. The number of methoxy groups -OCH3 is 2. The minimum atomic E-state index is -0.300. The van der Waals surface area contributed by atoms with Crippen LogP contribution in [-0.2, 0) is 4.79 Å². The molecular weight excluding hydrogens is 366 g/mol. The van der Waals surface area contributed by atoms with Crippen LogP contribution < -0.4 is 19.5 Å². The van der Waals surface area contributed by atoms with Gasteiger partial charge in [-0.1, -0.05) is 29.0 Å². The number of hydrogen-bond acceptors (Lipinski definition) is 7. The minimum Gasteiger partial charge on any atom is -0.493 e. The number of anilines is 1. The molecule has 8 heteroatoms. The van der Waals surface area contributed by atoms with Gasteiger partial charge in [-0.15, -0.1) is 10.2 Å². The van der Waals surface area contributed by atoms with Crippen molar-refractivity contribution in [3.63, 3.8) is 0 Å². The number of aryl methyl sites for hydroxylation is 1. The van der Waals surface area contributed by atoms with Crippen molar-refractivity contribution in [2.24, 2.45) is 0 Å². The molecule has 27 heavy (non-hydrogen) atoms. The monoisotopic (exact) mass is 385 g/mol. The van der Waals surface area contributed by atoms with Crippen molar-refractivity contribution >= 4 is 22.4 Å². The number of rotatable bonds is 7. The average Bonchev–Trinajstić information content (AvgIpc) is 3.15. The Morgan fingerprint density at radius 2 is 1.78 bits per heavy atom. The van der Waals surface area contributed by atoms with Gasteiger partial charge in [-0.2, -0.15) is 0 Å². The molecule has 0 radical (unpaired) electrons. The molecule has 0 aliphatic heterocycles. The molecule has 1 amide bonds. The zero-order valence-electron chi connectivity index (χ0n) is 15.2. The third-order valence-electron chi connectivity index (χ3n) is 3.69. The number of nitrogens with one attached hydrogen (secondary N) is 1. The first kappa shape index (κ1) is 18.7. The number of amides is 1. The minimum absolute atomic E-state index is 0.103. The summed E-state index contributed by atoms with van der Waals surface area (Å²) in [6.07, 6.45) is 0. The Balaban J connectivity index is 1.62. The highest BCUT2D eigenvalue weighted by Crippen LogP contribution is 2.34. The average molecular weight is 385 g/mol. The fourth-order valence-corrected chi connectivity index (χ4v) is 3.05. The normalized spacial score (nSPS) is 10.3. The standard InChI is InChI=1S/C19H19N3O4S/c1-12-4-7-14(8-5-12)26-11-17(23)20-19-22-21-18(27-19)13-6-9-15(24-2)16(10-13)25-3/h4-10H,11H2,1-3H3,(H,20,22,23). The van der Waals surface area contributed by atoms with Gasteiger partial charge in [0.15, 0.2) is 18.1 Å². The van der Waals surface area contributed by atoms with E-state index in [2.05, 4.69) is 15.5 Å². The van der Waals surface area contributed by atoms with Gasteiger partial charge >= 0.3 is 0 Å². The third kappa shape index (κ3) is 4.73. The zero-order valence-corrected chi connectivity index (χ0v) is 16.0. The van der Waals surface area contributed by atoms with Crippen molar-refractivity contribution in [3.8, 4) is 27.8 Å². The quantitative estimate of drug-likeness (QED) is 0.670. The molecule has 1 heterocycles. The first-order chi connectivity index (χ1) is 13.1. The van der Waals surface area contributed by atoms with Crippen LogP contribution in [0.4, 0.5) is 5.13 Å². The summed E-state index contributed by atoms with van der Waals surface area (Å²) < 4.78 is 16.0. The Kier molecular flexibility index (Phi) is 5.87.